The fourth-order valence-corrected chi connectivity index (χ4v) is 2.54. The molecular weight excluding hydrogens is 341 g/mol. The van der Waals surface area contributed by atoms with Crippen molar-refractivity contribution in [3.8, 4) is 0 Å². The Morgan fingerprint density at radius 3 is 1.96 bits per heavy atom. The Labute approximate surface area is 147 Å². The van der Waals surface area contributed by atoms with Crippen LogP contribution in [-0.4, -0.2) is 35.1 Å². The molecule has 0 aliphatic carbocycles. The van der Waals surface area contributed by atoms with Gasteiger partial charge < -0.3 is 0 Å². The molecule has 26 heavy (non-hydrogen) atoms. The largest absolute Gasteiger partial charge is 0.273 e. The van der Waals surface area contributed by atoms with Gasteiger partial charge in [0, 0.05) is 0 Å². The van der Waals surface area contributed by atoms with Crippen molar-refractivity contribution in [1.82, 2.24) is 15.8 Å². The van der Waals surface area contributed by atoms with Crippen LogP contribution in [0.15, 0.2) is 48.5 Å². The van der Waals surface area contributed by atoms with Gasteiger partial charge in [0.05, 0.1) is 17.5 Å². The number of rotatable bonds is 4. The third-order valence-corrected chi connectivity index (χ3v) is 3.80. The van der Waals surface area contributed by atoms with Gasteiger partial charge in [-0.25, -0.2) is 4.39 Å². The minimum atomic E-state index is -0.716. The molecule has 0 fully saturated rings. The van der Waals surface area contributed by atoms with Crippen LogP contribution in [0.3, 0.4) is 0 Å². The molecule has 0 spiro atoms. The van der Waals surface area contributed by atoms with Gasteiger partial charge in [-0.15, -0.1) is 0 Å². The molecule has 0 aromatic heterocycles. The van der Waals surface area contributed by atoms with E-state index in [9.17, 15) is 23.6 Å². The molecule has 0 atom stereocenters. The van der Waals surface area contributed by atoms with Crippen LogP contribution in [0.2, 0.25) is 0 Å². The fraction of sp³-hybridized carbons (Fsp3) is 0.111. The molecule has 7 nitrogen and oxygen atoms in total. The molecule has 2 N–H and O–H groups in total. The predicted octanol–water partition coefficient (Wildman–Crippen LogP) is 0.812. The number of carbonyl (C=O) groups excluding carboxylic acids is 4. The summed E-state index contributed by atoms with van der Waals surface area (Å²) in [6.45, 7) is -0.511. The Morgan fingerprint density at radius 1 is 0.846 bits per heavy atom. The second kappa shape index (κ2) is 7.14. The number of amides is 4. The van der Waals surface area contributed by atoms with E-state index in [0.29, 0.717) is 5.56 Å². The minimum Gasteiger partial charge on any atom is -0.273 e. The van der Waals surface area contributed by atoms with E-state index < -0.39 is 36.0 Å². The Hall–Kier alpha value is -3.55. The number of hydrogen-bond donors (Lipinski definition) is 2. The number of fused-ring (bicyclic) bond motifs is 1. The zero-order chi connectivity index (χ0) is 18.7. The number of carbonyl (C=O) groups is 4. The average molecular weight is 355 g/mol. The first-order valence-electron chi connectivity index (χ1n) is 7.73. The predicted molar refractivity (Wildman–Crippen MR) is 88.2 cm³/mol. The lowest BCUT2D eigenvalue weighted by molar-refractivity contribution is -0.128. The molecule has 0 radical (unpaired) electrons. The molecular formula is C18H14FN3O4. The maximum absolute atomic E-state index is 12.8. The summed E-state index contributed by atoms with van der Waals surface area (Å²) in [7, 11) is 0. The second-order valence-electron chi connectivity index (χ2n) is 5.64. The maximum atomic E-state index is 12.8. The van der Waals surface area contributed by atoms with E-state index in [1.54, 1.807) is 12.1 Å². The number of nitrogens with zero attached hydrogens (tertiary/aromatic N) is 1. The molecule has 0 bridgehead atoms. The first-order valence-corrected chi connectivity index (χ1v) is 7.73. The lowest BCUT2D eigenvalue weighted by atomic mass is 10.1. The summed E-state index contributed by atoms with van der Waals surface area (Å²) in [5.74, 6) is -2.76. The van der Waals surface area contributed by atoms with E-state index in [4.69, 9.17) is 0 Å². The van der Waals surface area contributed by atoms with Crippen LogP contribution in [-0.2, 0) is 16.0 Å². The third kappa shape index (κ3) is 3.59. The number of halogens is 1. The highest BCUT2D eigenvalue weighted by Crippen LogP contribution is 2.21. The molecule has 4 amide bonds. The topological polar surface area (TPSA) is 95.6 Å². The van der Waals surface area contributed by atoms with Gasteiger partial charge in [-0.1, -0.05) is 24.3 Å². The van der Waals surface area contributed by atoms with Gasteiger partial charge in [0.25, 0.3) is 17.7 Å². The van der Waals surface area contributed by atoms with Crippen molar-refractivity contribution in [1.29, 1.82) is 0 Å². The van der Waals surface area contributed by atoms with E-state index in [2.05, 4.69) is 10.9 Å². The number of hydrazine groups is 1. The van der Waals surface area contributed by atoms with Gasteiger partial charge in [0.1, 0.15) is 12.4 Å². The van der Waals surface area contributed by atoms with E-state index in [1.807, 2.05) is 0 Å². The molecule has 0 saturated carbocycles. The van der Waals surface area contributed by atoms with E-state index in [1.165, 1.54) is 36.4 Å². The first kappa shape index (κ1) is 17.3. The van der Waals surface area contributed by atoms with Crippen molar-refractivity contribution in [3.05, 3.63) is 71.0 Å². The smallest absolute Gasteiger partial charge is 0.262 e. The summed E-state index contributed by atoms with van der Waals surface area (Å²) < 4.78 is 12.8. The summed E-state index contributed by atoms with van der Waals surface area (Å²) >= 11 is 0. The number of hydrogen-bond acceptors (Lipinski definition) is 4. The quantitative estimate of drug-likeness (QED) is 0.627. The van der Waals surface area contributed by atoms with Crippen LogP contribution >= 0.6 is 0 Å². The number of benzene rings is 2. The molecule has 2 aromatic carbocycles. The fourth-order valence-electron chi connectivity index (χ4n) is 2.54. The van der Waals surface area contributed by atoms with Crippen LogP contribution in [0.1, 0.15) is 26.3 Å². The van der Waals surface area contributed by atoms with E-state index >= 15 is 0 Å². The molecule has 2 aromatic rings. The van der Waals surface area contributed by atoms with Crippen LogP contribution in [0.5, 0.6) is 0 Å². The maximum Gasteiger partial charge on any atom is 0.262 e. The van der Waals surface area contributed by atoms with Gasteiger partial charge in [-0.3, -0.25) is 34.9 Å². The van der Waals surface area contributed by atoms with Gasteiger partial charge >= 0.3 is 0 Å². The van der Waals surface area contributed by atoms with E-state index in [-0.39, 0.29) is 17.5 Å². The van der Waals surface area contributed by atoms with Crippen molar-refractivity contribution in [2.45, 2.75) is 6.42 Å². The standard InChI is InChI=1S/C18H14FN3O4/c19-12-7-5-11(6-8-12)9-15(23)20-21-16(24)10-22-17(25)13-3-1-2-4-14(13)18(22)26/h1-8H,9-10H2,(H,20,23)(H,21,24). The molecule has 1 heterocycles. The zero-order valence-corrected chi connectivity index (χ0v) is 13.5. The Morgan fingerprint density at radius 2 is 1.38 bits per heavy atom. The highest BCUT2D eigenvalue weighted by atomic mass is 19.1. The molecule has 1 aliphatic heterocycles. The lowest BCUT2D eigenvalue weighted by Crippen LogP contribution is -2.48. The Kier molecular flexibility index (Phi) is 4.74. The monoisotopic (exact) mass is 355 g/mol. The molecule has 3 rings (SSSR count). The highest BCUT2D eigenvalue weighted by Gasteiger charge is 2.36. The molecule has 0 unspecified atom stereocenters. The second-order valence-corrected chi connectivity index (χ2v) is 5.64. The number of imide groups is 1. The molecule has 8 heteroatoms. The first-order chi connectivity index (χ1) is 12.5. The van der Waals surface area contributed by atoms with Gasteiger partial charge in [-0.05, 0) is 29.8 Å². The van der Waals surface area contributed by atoms with Crippen molar-refractivity contribution < 1.29 is 23.6 Å². The van der Waals surface area contributed by atoms with Crippen molar-refractivity contribution >= 4 is 23.6 Å². The normalized spacial score (nSPS) is 12.7. The molecule has 132 valence electrons. The zero-order valence-electron chi connectivity index (χ0n) is 13.5. The Balaban J connectivity index is 1.52. The van der Waals surface area contributed by atoms with Crippen molar-refractivity contribution in [3.63, 3.8) is 0 Å². The van der Waals surface area contributed by atoms with Crippen LogP contribution in [0.25, 0.3) is 0 Å². The van der Waals surface area contributed by atoms with Crippen molar-refractivity contribution in [2.24, 2.45) is 0 Å². The summed E-state index contributed by atoms with van der Waals surface area (Å²) in [4.78, 5) is 48.8. The van der Waals surface area contributed by atoms with E-state index in [0.717, 1.165) is 4.90 Å². The SMILES string of the molecule is O=C(Cc1ccc(F)cc1)NNC(=O)CN1C(=O)c2ccccc2C1=O. The third-order valence-electron chi connectivity index (χ3n) is 3.80. The molecule has 0 saturated heterocycles. The van der Waals surface area contributed by atoms with Crippen LogP contribution in [0.4, 0.5) is 4.39 Å². The number of nitrogens with one attached hydrogen (secondary N) is 2. The Bertz CT molecular complexity index is 861. The highest BCUT2D eigenvalue weighted by molar-refractivity contribution is 6.22. The van der Waals surface area contributed by atoms with Crippen LogP contribution < -0.4 is 10.9 Å². The van der Waals surface area contributed by atoms with Crippen molar-refractivity contribution in [2.75, 3.05) is 6.54 Å². The minimum absolute atomic E-state index is 0.0619. The molecule has 1 aliphatic rings. The summed E-state index contributed by atoms with van der Waals surface area (Å²) in [5, 5.41) is 0. The summed E-state index contributed by atoms with van der Waals surface area (Å²) in [6.07, 6.45) is -0.0619. The van der Waals surface area contributed by atoms with Gasteiger partial charge in [0.2, 0.25) is 5.91 Å². The van der Waals surface area contributed by atoms with Gasteiger partial charge in [0.15, 0.2) is 0 Å². The van der Waals surface area contributed by atoms with Gasteiger partial charge in [-0.2, -0.15) is 0 Å². The summed E-state index contributed by atoms with van der Waals surface area (Å²) in [5.41, 5.74) is 5.39. The summed E-state index contributed by atoms with van der Waals surface area (Å²) in [6, 6.07) is 11.6. The average Bonchev–Trinajstić information content (AvgIpc) is 2.87. The lowest BCUT2D eigenvalue weighted by Gasteiger charge is -2.14. The van der Waals surface area contributed by atoms with Crippen LogP contribution in [0, 0.1) is 5.82 Å².